The van der Waals surface area contributed by atoms with E-state index in [0.29, 0.717) is 10.8 Å². The molecule has 1 aliphatic rings. The van der Waals surface area contributed by atoms with Crippen LogP contribution in [0.5, 0.6) is 0 Å². The minimum atomic E-state index is 0.00458. The third-order valence-electron chi connectivity index (χ3n) is 2.64. The number of halogens is 1. The molecule has 3 nitrogen and oxygen atoms in total. The maximum atomic E-state index is 11.9. The van der Waals surface area contributed by atoms with Gasteiger partial charge in [0.25, 0.3) is 0 Å². The van der Waals surface area contributed by atoms with Crippen molar-refractivity contribution in [2.45, 2.75) is 19.3 Å². The number of anilines is 1. The highest BCUT2D eigenvalue weighted by molar-refractivity contribution is 6.33. The molecule has 0 saturated carbocycles. The van der Waals surface area contributed by atoms with E-state index in [2.05, 4.69) is 16.4 Å². The second kappa shape index (κ2) is 5.12. The van der Waals surface area contributed by atoms with Crippen molar-refractivity contribution in [2.24, 2.45) is 5.92 Å². The molecule has 1 aliphatic carbocycles. The van der Waals surface area contributed by atoms with E-state index in [1.807, 2.05) is 6.08 Å². The third kappa shape index (κ3) is 2.61. The topological polar surface area (TPSA) is 42.0 Å². The first kappa shape index (κ1) is 11.1. The number of pyridine rings is 1. The molecule has 1 heterocycles. The molecule has 1 aromatic heterocycles. The zero-order valence-electron chi connectivity index (χ0n) is 8.82. The van der Waals surface area contributed by atoms with Crippen molar-refractivity contribution < 1.29 is 4.79 Å². The van der Waals surface area contributed by atoms with Gasteiger partial charge in [0.2, 0.25) is 5.91 Å². The maximum absolute atomic E-state index is 11.9. The molecule has 1 atom stereocenters. The fourth-order valence-electron chi connectivity index (χ4n) is 1.73. The number of nitrogens with one attached hydrogen (secondary N) is 1. The van der Waals surface area contributed by atoms with E-state index in [-0.39, 0.29) is 11.8 Å². The number of allylic oxidation sites excluding steroid dienone is 2. The van der Waals surface area contributed by atoms with Crippen LogP contribution in [-0.4, -0.2) is 10.9 Å². The number of carbonyl (C=O) groups excluding carboxylic acids is 1. The molecule has 1 unspecified atom stereocenters. The molecular weight excluding hydrogens is 224 g/mol. The Kier molecular flexibility index (Phi) is 3.57. The van der Waals surface area contributed by atoms with Gasteiger partial charge in [0.15, 0.2) is 5.82 Å². The lowest BCUT2D eigenvalue weighted by atomic mass is 9.94. The van der Waals surface area contributed by atoms with Crippen LogP contribution in [0.4, 0.5) is 5.82 Å². The van der Waals surface area contributed by atoms with E-state index >= 15 is 0 Å². The normalized spacial score (nSPS) is 19.4. The highest BCUT2D eigenvalue weighted by atomic mass is 35.5. The lowest BCUT2D eigenvalue weighted by Crippen LogP contribution is -2.24. The van der Waals surface area contributed by atoms with Gasteiger partial charge in [0, 0.05) is 12.1 Å². The lowest BCUT2D eigenvalue weighted by Gasteiger charge is -2.17. The van der Waals surface area contributed by atoms with Gasteiger partial charge >= 0.3 is 0 Å². The Labute approximate surface area is 99.5 Å². The van der Waals surface area contributed by atoms with E-state index in [9.17, 15) is 4.79 Å². The van der Waals surface area contributed by atoms with Crippen LogP contribution in [-0.2, 0) is 4.79 Å². The SMILES string of the molecule is O=C(Nc1ncccc1Cl)C1CC=CCC1. The zero-order chi connectivity index (χ0) is 11.4. The first-order valence-corrected chi connectivity index (χ1v) is 5.71. The van der Waals surface area contributed by atoms with E-state index in [1.165, 1.54) is 0 Å². The Hall–Kier alpha value is -1.35. The van der Waals surface area contributed by atoms with Crippen LogP contribution in [0.2, 0.25) is 5.02 Å². The largest absolute Gasteiger partial charge is 0.309 e. The van der Waals surface area contributed by atoms with Crippen LogP contribution in [0, 0.1) is 5.92 Å². The standard InChI is InChI=1S/C12H13ClN2O/c13-10-7-4-8-14-11(10)15-12(16)9-5-2-1-3-6-9/h1-2,4,7-9H,3,5-6H2,(H,14,15,16). The second-order valence-electron chi connectivity index (χ2n) is 3.80. The molecule has 0 aliphatic heterocycles. The monoisotopic (exact) mass is 236 g/mol. The predicted molar refractivity (Wildman–Crippen MR) is 64.4 cm³/mol. The first-order valence-electron chi connectivity index (χ1n) is 5.34. The second-order valence-corrected chi connectivity index (χ2v) is 4.21. The number of nitrogens with zero attached hydrogens (tertiary/aromatic N) is 1. The summed E-state index contributed by atoms with van der Waals surface area (Å²) in [5, 5.41) is 3.24. The van der Waals surface area contributed by atoms with Crippen molar-refractivity contribution in [1.29, 1.82) is 0 Å². The number of rotatable bonds is 2. The van der Waals surface area contributed by atoms with Crippen molar-refractivity contribution in [3.63, 3.8) is 0 Å². The summed E-state index contributed by atoms with van der Waals surface area (Å²) in [5.74, 6) is 0.497. The highest BCUT2D eigenvalue weighted by Gasteiger charge is 2.19. The van der Waals surface area contributed by atoms with Gasteiger partial charge in [-0.1, -0.05) is 23.8 Å². The average Bonchev–Trinajstić information content (AvgIpc) is 2.33. The summed E-state index contributed by atoms with van der Waals surface area (Å²) in [6.45, 7) is 0. The van der Waals surface area contributed by atoms with Crippen molar-refractivity contribution in [3.8, 4) is 0 Å². The molecule has 16 heavy (non-hydrogen) atoms. The van der Waals surface area contributed by atoms with E-state index < -0.39 is 0 Å². The van der Waals surface area contributed by atoms with Gasteiger partial charge < -0.3 is 5.32 Å². The highest BCUT2D eigenvalue weighted by Crippen LogP contribution is 2.22. The Balaban J connectivity index is 2.02. The number of hydrogen-bond donors (Lipinski definition) is 1. The average molecular weight is 237 g/mol. The Morgan fingerprint density at radius 1 is 1.50 bits per heavy atom. The van der Waals surface area contributed by atoms with Crippen LogP contribution in [0.15, 0.2) is 30.5 Å². The smallest absolute Gasteiger partial charge is 0.229 e. The zero-order valence-corrected chi connectivity index (χ0v) is 9.57. The van der Waals surface area contributed by atoms with Crippen LogP contribution in [0.3, 0.4) is 0 Å². The summed E-state index contributed by atoms with van der Waals surface area (Å²) < 4.78 is 0. The third-order valence-corrected chi connectivity index (χ3v) is 2.94. The molecule has 1 N–H and O–H groups in total. The van der Waals surface area contributed by atoms with Gasteiger partial charge in [-0.05, 0) is 31.4 Å². The Morgan fingerprint density at radius 3 is 3.06 bits per heavy atom. The molecular formula is C12H13ClN2O. The molecule has 4 heteroatoms. The summed E-state index contributed by atoms with van der Waals surface area (Å²) in [6.07, 6.45) is 8.44. The summed E-state index contributed by atoms with van der Waals surface area (Å²) in [4.78, 5) is 15.9. The summed E-state index contributed by atoms with van der Waals surface area (Å²) >= 11 is 5.92. The van der Waals surface area contributed by atoms with Gasteiger partial charge in [-0.2, -0.15) is 0 Å². The van der Waals surface area contributed by atoms with E-state index in [0.717, 1.165) is 19.3 Å². The van der Waals surface area contributed by atoms with Gasteiger partial charge in [0.1, 0.15) is 0 Å². The van der Waals surface area contributed by atoms with E-state index in [4.69, 9.17) is 11.6 Å². The first-order chi connectivity index (χ1) is 7.77. The summed E-state index contributed by atoms with van der Waals surface area (Å²) in [6, 6.07) is 3.45. The summed E-state index contributed by atoms with van der Waals surface area (Å²) in [5.41, 5.74) is 0. The summed E-state index contributed by atoms with van der Waals surface area (Å²) in [7, 11) is 0. The van der Waals surface area contributed by atoms with E-state index in [1.54, 1.807) is 18.3 Å². The number of amides is 1. The predicted octanol–water partition coefficient (Wildman–Crippen LogP) is 3.03. The Morgan fingerprint density at radius 2 is 2.38 bits per heavy atom. The maximum Gasteiger partial charge on any atom is 0.229 e. The Bertz CT molecular complexity index is 417. The number of hydrogen-bond acceptors (Lipinski definition) is 2. The molecule has 0 fully saturated rings. The number of carbonyl (C=O) groups is 1. The molecule has 0 saturated heterocycles. The molecule has 1 aromatic rings. The lowest BCUT2D eigenvalue weighted by molar-refractivity contribution is -0.120. The molecule has 0 radical (unpaired) electrons. The minimum Gasteiger partial charge on any atom is -0.309 e. The van der Waals surface area contributed by atoms with Crippen LogP contribution in [0.25, 0.3) is 0 Å². The van der Waals surface area contributed by atoms with Crippen molar-refractivity contribution in [3.05, 3.63) is 35.5 Å². The molecule has 1 amide bonds. The van der Waals surface area contributed by atoms with Crippen molar-refractivity contribution >= 4 is 23.3 Å². The fourth-order valence-corrected chi connectivity index (χ4v) is 1.90. The van der Waals surface area contributed by atoms with Gasteiger partial charge in [0.05, 0.1) is 5.02 Å². The van der Waals surface area contributed by atoms with Gasteiger partial charge in [-0.15, -0.1) is 0 Å². The van der Waals surface area contributed by atoms with Gasteiger partial charge in [-0.25, -0.2) is 4.98 Å². The van der Waals surface area contributed by atoms with Crippen LogP contribution >= 0.6 is 11.6 Å². The van der Waals surface area contributed by atoms with Crippen LogP contribution < -0.4 is 5.32 Å². The fraction of sp³-hybridized carbons (Fsp3) is 0.333. The minimum absolute atomic E-state index is 0.00458. The molecule has 0 bridgehead atoms. The molecule has 0 spiro atoms. The van der Waals surface area contributed by atoms with Crippen LogP contribution in [0.1, 0.15) is 19.3 Å². The van der Waals surface area contributed by atoms with Crippen molar-refractivity contribution in [2.75, 3.05) is 5.32 Å². The quantitative estimate of drug-likeness (QED) is 0.802. The molecule has 84 valence electrons. The number of aromatic nitrogens is 1. The molecule has 0 aromatic carbocycles. The van der Waals surface area contributed by atoms with Gasteiger partial charge in [-0.3, -0.25) is 4.79 Å². The molecule has 2 rings (SSSR count). The van der Waals surface area contributed by atoms with Crippen molar-refractivity contribution in [1.82, 2.24) is 4.98 Å².